The van der Waals surface area contributed by atoms with Crippen molar-refractivity contribution in [2.75, 3.05) is 18.6 Å². The van der Waals surface area contributed by atoms with Crippen molar-refractivity contribution < 1.29 is 9.13 Å². The molecule has 19 heavy (non-hydrogen) atoms. The van der Waals surface area contributed by atoms with Crippen molar-refractivity contribution in [1.29, 1.82) is 0 Å². The van der Waals surface area contributed by atoms with Gasteiger partial charge < -0.3 is 21.2 Å². The molecular weight excluding hydrogens is 271 g/mol. The second-order valence-electron chi connectivity index (χ2n) is 3.60. The zero-order valence-corrected chi connectivity index (χ0v) is 10.8. The summed E-state index contributed by atoms with van der Waals surface area (Å²) in [4.78, 5) is 17.8. The van der Waals surface area contributed by atoms with E-state index in [1.165, 1.54) is 13.2 Å². The number of H-pyrrole nitrogens is 1. The lowest BCUT2D eigenvalue weighted by Gasteiger charge is -2.08. The van der Waals surface area contributed by atoms with Gasteiger partial charge in [0.25, 0.3) is 5.56 Å². The number of hydrogen-bond acceptors (Lipinski definition) is 6. The second-order valence-corrected chi connectivity index (χ2v) is 4.63. The molecule has 0 bridgehead atoms. The van der Waals surface area contributed by atoms with Gasteiger partial charge in [0.15, 0.2) is 5.16 Å². The number of nitrogens with one attached hydrogen (secondary N) is 1. The fourth-order valence-electron chi connectivity index (χ4n) is 1.41. The Labute approximate surface area is 112 Å². The number of aromatic amines is 1. The zero-order valence-electron chi connectivity index (χ0n) is 9.94. The molecule has 2 rings (SSSR count). The second kappa shape index (κ2) is 5.19. The molecule has 2 aromatic rings. The van der Waals surface area contributed by atoms with E-state index in [-0.39, 0.29) is 21.6 Å². The summed E-state index contributed by atoms with van der Waals surface area (Å²) in [7, 11) is 1.43. The molecule has 0 unspecified atom stereocenters. The van der Waals surface area contributed by atoms with Gasteiger partial charge in [0.05, 0.1) is 17.7 Å². The van der Waals surface area contributed by atoms with Crippen LogP contribution in [0.2, 0.25) is 0 Å². The molecule has 1 aromatic heterocycles. The van der Waals surface area contributed by atoms with Crippen LogP contribution in [0.1, 0.15) is 0 Å². The molecule has 0 aliphatic rings. The number of methoxy groups -OCH3 is 1. The first-order chi connectivity index (χ1) is 8.99. The summed E-state index contributed by atoms with van der Waals surface area (Å²) in [6.45, 7) is 0. The largest absolute Gasteiger partial charge is 0.495 e. The van der Waals surface area contributed by atoms with Crippen molar-refractivity contribution in [3.63, 3.8) is 0 Å². The van der Waals surface area contributed by atoms with E-state index < -0.39 is 11.4 Å². The summed E-state index contributed by atoms with van der Waals surface area (Å²) in [5.41, 5.74) is 10.8. The van der Waals surface area contributed by atoms with Crippen LogP contribution in [-0.2, 0) is 0 Å². The van der Waals surface area contributed by atoms with E-state index in [4.69, 9.17) is 16.2 Å². The summed E-state index contributed by atoms with van der Waals surface area (Å²) in [5.74, 6) is -0.127. The van der Waals surface area contributed by atoms with Crippen LogP contribution in [-0.4, -0.2) is 17.1 Å². The van der Waals surface area contributed by atoms with Gasteiger partial charge in [0.2, 0.25) is 0 Å². The maximum Gasteiger partial charge on any atom is 0.253 e. The van der Waals surface area contributed by atoms with Crippen LogP contribution in [0.3, 0.4) is 0 Å². The number of hydrogen-bond donors (Lipinski definition) is 3. The van der Waals surface area contributed by atoms with E-state index in [0.29, 0.717) is 5.75 Å². The van der Waals surface area contributed by atoms with Crippen molar-refractivity contribution in [3.8, 4) is 5.75 Å². The number of rotatable bonds is 3. The summed E-state index contributed by atoms with van der Waals surface area (Å²) in [5, 5.41) is 0.190. The number of nitrogen functional groups attached to an aromatic ring is 2. The SMILES string of the molecule is COc1cc(Sc2nc(N)cc(=O)[nH]2)c(F)cc1N. The number of halogens is 1. The number of nitrogens with zero attached hydrogens (tertiary/aromatic N) is 1. The Balaban J connectivity index is 2.40. The molecule has 0 radical (unpaired) electrons. The molecule has 1 heterocycles. The highest BCUT2D eigenvalue weighted by atomic mass is 32.2. The Hall–Kier alpha value is -2.22. The van der Waals surface area contributed by atoms with Gasteiger partial charge in [0.1, 0.15) is 17.4 Å². The minimum absolute atomic E-state index is 0.0640. The van der Waals surface area contributed by atoms with Crippen LogP contribution in [0.15, 0.2) is 33.0 Å². The summed E-state index contributed by atoms with van der Waals surface area (Å²) in [6, 6.07) is 3.72. The van der Waals surface area contributed by atoms with Crippen LogP contribution < -0.4 is 21.8 Å². The molecule has 0 saturated heterocycles. The summed E-state index contributed by atoms with van der Waals surface area (Å²) >= 11 is 0.924. The van der Waals surface area contributed by atoms with E-state index >= 15 is 0 Å². The highest BCUT2D eigenvalue weighted by Crippen LogP contribution is 2.33. The Bertz CT molecular complexity index is 674. The predicted molar refractivity (Wildman–Crippen MR) is 70.8 cm³/mol. The van der Waals surface area contributed by atoms with Gasteiger partial charge in [-0.1, -0.05) is 0 Å². The molecular formula is C11H11FN4O2S. The number of ether oxygens (including phenoxy) is 1. The van der Waals surface area contributed by atoms with Crippen molar-refractivity contribution in [3.05, 3.63) is 34.4 Å². The topological polar surface area (TPSA) is 107 Å². The first-order valence-corrected chi connectivity index (χ1v) is 5.99. The number of nitrogens with two attached hydrogens (primary N) is 2. The lowest BCUT2D eigenvalue weighted by atomic mass is 10.3. The third-order valence-corrected chi connectivity index (χ3v) is 3.15. The minimum atomic E-state index is -0.534. The average molecular weight is 282 g/mol. The Morgan fingerprint density at radius 2 is 2.11 bits per heavy atom. The third-order valence-electron chi connectivity index (χ3n) is 2.23. The molecule has 0 amide bonds. The standard InChI is InChI=1S/C11H11FN4O2S/c1-18-7-3-8(5(12)2-6(7)13)19-11-15-9(14)4-10(17)16-11/h2-4H,13H2,1H3,(H3,14,15,16,17). The first kappa shape index (κ1) is 13.2. The summed E-state index contributed by atoms with van der Waals surface area (Å²) in [6.07, 6.45) is 0. The maximum absolute atomic E-state index is 13.7. The fourth-order valence-corrected chi connectivity index (χ4v) is 2.24. The van der Waals surface area contributed by atoms with E-state index in [2.05, 4.69) is 9.97 Å². The Morgan fingerprint density at radius 1 is 1.37 bits per heavy atom. The molecule has 1 aromatic carbocycles. The van der Waals surface area contributed by atoms with Gasteiger partial charge >= 0.3 is 0 Å². The Morgan fingerprint density at radius 3 is 2.74 bits per heavy atom. The molecule has 0 aliphatic heterocycles. The van der Waals surface area contributed by atoms with E-state index in [1.54, 1.807) is 0 Å². The highest BCUT2D eigenvalue weighted by molar-refractivity contribution is 7.99. The van der Waals surface area contributed by atoms with Gasteiger partial charge in [-0.2, -0.15) is 0 Å². The normalized spacial score (nSPS) is 10.4. The van der Waals surface area contributed by atoms with Crippen molar-refractivity contribution >= 4 is 23.3 Å². The third kappa shape index (κ3) is 2.97. The molecule has 0 saturated carbocycles. The van der Waals surface area contributed by atoms with E-state index in [0.717, 1.165) is 23.9 Å². The molecule has 0 atom stereocenters. The number of benzene rings is 1. The van der Waals surface area contributed by atoms with Crippen LogP contribution in [0.5, 0.6) is 5.75 Å². The van der Waals surface area contributed by atoms with Gasteiger partial charge in [-0.25, -0.2) is 9.37 Å². The Kier molecular flexibility index (Phi) is 3.61. The van der Waals surface area contributed by atoms with Gasteiger partial charge in [-0.05, 0) is 17.8 Å². The molecule has 0 aliphatic carbocycles. The van der Waals surface area contributed by atoms with E-state index in [1.807, 2.05) is 0 Å². The van der Waals surface area contributed by atoms with Crippen molar-refractivity contribution in [2.24, 2.45) is 0 Å². The number of anilines is 2. The predicted octanol–water partition coefficient (Wildman–Crippen LogP) is 1.23. The van der Waals surface area contributed by atoms with Crippen LogP contribution in [0.25, 0.3) is 0 Å². The van der Waals surface area contributed by atoms with Gasteiger partial charge in [-0.3, -0.25) is 4.79 Å². The molecule has 0 fully saturated rings. The van der Waals surface area contributed by atoms with Gasteiger partial charge in [0, 0.05) is 12.1 Å². The van der Waals surface area contributed by atoms with Crippen LogP contribution in [0.4, 0.5) is 15.9 Å². The maximum atomic E-state index is 13.7. The zero-order chi connectivity index (χ0) is 14.0. The lowest BCUT2D eigenvalue weighted by molar-refractivity contribution is 0.414. The van der Waals surface area contributed by atoms with Crippen molar-refractivity contribution in [2.45, 2.75) is 10.1 Å². The molecule has 5 N–H and O–H groups in total. The first-order valence-electron chi connectivity index (χ1n) is 5.17. The van der Waals surface area contributed by atoms with Crippen LogP contribution in [0, 0.1) is 5.82 Å². The minimum Gasteiger partial charge on any atom is -0.495 e. The smallest absolute Gasteiger partial charge is 0.253 e. The van der Waals surface area contributed by atoms with Crippen molar-refractivity contribution in [1.82, 2.24) is 9.97 Å². The molecule has 6 nitrogen and oxygen atoms in total. The average Bonchev–Trinajstić information content (AvgIpc) is 2.31. The molecule has 8 heteroatoms. The van der Waals surface area contributed by atoms with Gasteiger partial charge in [-0.15, -0.1) is 0 Å². The highest BCUT2D eigenvalue weighted by Gasteiger charge is 2.11. The van der Waals surface area contributed by atoms with E-state index in [9.17, 15) is 9.18 Å². The number of aromatic nitrogens is 2. The fraction of sp³-hybridized carbons (Fsp3) is 0.0909. The summed E-state index contributed by atoms with van der Waals surface area (Å²) < 4.78 is 18.7. The molecule has 0 spiro atoms. The quantitative estimate of drug-likeness (QED) is 0.577. The molecule has 100 valence electrons. The monoisotopic (exact) mass is 282 g/mol. The lowest BCUT2D eigenvalue weighted by Crippen LogP contribution is -2.09. The van der Waals surface area contributed by atoms with Crippen LogP contribution >= 0.6 is 11.8 Å².